The van der Waals surface area contributed by atoms with Crippen molar-refractivity contribution >= 4 is 0 Å². The highest BCUT2D eigenvalue weighted by Gasteiger charge is 2.64. The average molecular weight is 287 g/mol. The molecule has 0 radical (unpaired) electrons. The molecule has 1 heterocycles. The number of piperidine rings is 1. The van der Waals surface area contributed by atoms with Gasteiger partial charge in [-0.1, -0.05) is 13.0 Å². The number of aliphatic hydroxyl groups excluding tert-OH is 1. The van der Waals surface area contributed by atoms with Crippen molar-refractivity contribution < 1.29 is 10.2 Å². The summed E-state index contributed by atoms with van der Waals surface area (Å²) in [5, 5.41) is 20.9. The third kappa shape index (κ3) is 1.51. The summed E-state index contributed by atoms with van der Waals surface area (Å²) in [4.78, 5) is 2.45. The Balaban J connectivity index is 1.99. The van der Waals surface area contributed by atoms with Crippen molar-refractivity contribution in [1.29, 1.82) is 0 Å². The molecule has 4 atom stereocenters. The Morgan fingerprint density at radius 2 is 2.10 bits per heavy atom. The van der Waals surface area contributed by atoms with E-state index in [1.54, 1.807) is 0 Å². The van der Waals surface area contributed by atoms with Gasteiger partial charge < -0.3 is 15.1 Å². The minimum atomic E-state index is -0.241. The Kier molecular flexibility index (Phi) is 2.74. The standard InChI is InChI=1S/C18H25NO2/c1-17-15-10-12-5-6-13(20)11-14(12)18(17,8-9-19(15)2)7-3-4-16(17)21/h5-6,11,15-16,20-21H,3-4,7-10H2,1-2H3/t15-,16?,17-,18+/m1/s1. The van der Waals surface area contributed by atoms with E-state index in [2.05, 4.69) is 24.9 Å². The van der Waals surface area contributed by atoms with Crippen LogP contribution in [0.25, 0.3) is 0 Å². The Morgan fingerprint density at radius 1 is 1.29 bits per heavy atom. The topological polar surface area (TPSA) is 43.7 Å². The molecule has 2 fully saturated rings. The van der Waals surface area contributed by atoms with E-state index in [-0.39, 0.29) is 16.9 Å². The predicted octanol–water partition coefficient (Wildman–Crippen LogP) is 2.44. The number of phenols is 1. The summed E-state index contributed by atoms with van der Waals surface area (Å²) < 4.78 is 0. The lowest BCUT2D eigenvalue weighted by Crippen LogP contribution is -2.70. The summed E-state index contributed by atoms with van der Waals surface area (Å²) in [5.41, 5.74) is 2.62. The first-order valence-electron chi connectivity index (χ1n) is 8.20. The van der Waals surface area contributed by atoms with Crippen LogP contribution in [0.15, 0.2) is 18.2 Å². The third-order valence-electron chi connectivity index (χ3n) is 6.94. The lowest BCUT2D eigenvalue weighted by Gasteiger charge is -2.66. The molecule has 2 bridgehead atoms. The van der Waals surface area contributed by atoms with E-state index in [0.29, 0.717) is 11.8 Å². The number of hydrogen-bond acceptors (Lipinski definition) is 3. The molecule has 2 aliphatic carbocycles. The summed E-state index contributed by atoms with van der Waals surface area (Å²) in [6.45, 7) is 3.38. The second-order valence-electron chi connectivity index (χ2n) is 7.56. The normalized spacial score (nSPS) is 42.2. The van der Waals surface area contributed by atoms with Crippen LogP contribution in [0.2, 0.25) is 0 Å². The highest BCUT2D eigenvalue weighted by Crippen LogP contribution is 2.62. The Labute approximate surface area is 126 Å². The number of aromatic hydroxyl groups is 1. The largest absolute Gasteiger partial charge is 0.508 e. The molecule has 3 aliphatic rings. The fourth-order valence-electron chi connectivity index (χ4n) is 5.73. The molecular weight excluding hydrogens is 262 g/mol. The summed E-state index contributed by atoms with van der Waals surface area (Å²) in [6.07, 6.45) is 4.97. The minimum Gasteiger partial charge on any atom is -0.508 e. The van der Waals surface area contributed by atoms with Crippen molar-refractivity contribution in [3.63, 3.8) is 0 Å². The van der Waals surface area contributed by atoms with E-state index >= 15 is 0 Å². The monoisotopic (exact) mass is 287 g/mol. The second-order valence-corrected chi connectivity index (χ2v) is 7.56. The van der Waals surface area contributed by atoms with Gasteiger partial charge in [0.1, 0.15) is 5.75 Å². The summed E-state index contributed by atoms with van der Waals surface area (Å²) in [6, 6.07) is 6.29. The van der Waals surface area contributed by atoms with E-state index < -0.39 is 0 Å². The van der Waals surface area contributed by atoms with Gasteiger partial charge >= 0.3 is 0 Å². The van der Waals surface area contributed by atoms with Crippen molar-refractivity contribution in [3.8, 4) is 5.75 Å². The van der Waals surface area contributed by atoms with Gasteiger partial charge in [-0.2, -0.15) is 0 Å². The molecule has 3 nitrogen and oxygen atoms in total. The number of likely N-dealkylation sites (tertiary alicyclic amines) is 1. The van der Waals surface area contributed by atoms with Gasteiger partial charge in [-0.3, -0.25) is 0 Å². The van der Waals surface area contributed by atoms with Gasteiger partial charge in [0, 0.05) is 16.9 Å². The molecule has 1 aliphatic heterocycles. The lowest BCUT2D eigenvalue weighted by atomic mass is 9.44. The fourth-order valence-corrected chi connectivity index (χ4v) is 5.73. The number of phenolic OH excluding ortho intramolecular Hbond substituents is 1. The van der Waals surface area contributed by atoms with Crippen LogP contribution in [0.1, 0.15) is 43.7 Å². The second kappa shape index (κ2) is 4.23. The Hall–Kier alpha value is -1.06. The van der Waals surface area contributed by atoms with Crippen LogP contribution < -0.4 is 0 Å². The first-order chi connectivity index (χ1) is 9.99. The molecule has 3 heteroatoms. The van der Waals surface area contributed by atoms with Gasteiger partial charge in [0.05, 0.1) is 6.10 Å². The molecule has 1 saturated heterocycles. The first-order valence-corrected chi connectivity index (χ1v) is 8.20. The van der Waals surface area contributed by atoms with Gasteiger partial charge in [-0.15, -0.1) is 0 Å². The van der Waals surface area contributed by atoms with Gasteiger partial charge in [-0.05, 0) is 69.0 Å². The summed E-state index contributed by atoms with van der Waals surface area (Å²) in [5.74, 6) is 0.364. The van der Waals surface area contributed by atoms with E-state index in [4.69, 9.17) is 0 Å². The molecule has 0 spiro atoms. The van der Waals surface area contributed by atoms with E-state index in [9.17, 15) is 10.2 Å². The van der Waals surface area contributed by atoms with Gasteiger partial charge in [-0.25, -0.2) is 0 Å². The molecule has 1 aromatic carbocycles. The molecule has 114 valence electrons. The van der Waals surface area contributed by atoms with Crippen molar-refractivity contribution in [2.24, 2.45) is 5.41 Å². The third-order valence-corrected chi connectivity index (χ3v) is 6.94. The molecule has 0 aromatic heterocycles. The molecule has 4 rings (SSSR count). The zero-order valence-corrected chi connectivity index (χ0v) is 13.0. The molecule has 1 aromatic rings. The lowest BCUT2D eigenvalue weighted by molar-refractivity contribution is -0.146. The highest BCUT2D eigenvalue weighted by atomic mass is 16.3. The number of likely N-dealkylation sites (N-methyl/N-ethyl adjacent to an activating group) is 1. The highest BCUT2D eigenvalue weighted by molar-refractivity contribution is 5.47. The smallest absolute Gasteiger partial charge is 0.115 e. The van der Waals surface area contributed by atoms with Crippen molar-refractivity contribution in [2.75, 3.05) is 13.6 Å². The molecule has 2 N–H and O–H groups in total. The van der Waals surface area contributed by atoms with E-state index in [0.717, 1.165) is 38.6 Å². The van der Waals surface area contributed by atoms with Crippen molar-refractivity contribution in [2.45, 2.75) is 56.6 Å². The number of fused-ring (bicyclic) bond motifs is 1. The number of benzene rings is 1. The number of nitrogens with zero attached hydrogens (tertiary/aromatic N) is 1. The Morgan fingerprint density at radius 3 is 2.90 bits per heavy atom. The average Bonchev–Trinajstić information content (AvgIpc) is 2.45. The SMILES string of the molecule is CN1CC[C@]23CCCC(O)[C@@]2(C)[C@H]1Cc1ccc(O)cc13. The molecule has 21 heavy (non-hydrogen) atoms. The van der Waals surface area contributed by atoms with Crippen molar-refractivity contribution in [3.05, 3.63) is 29.3 Å². The van der Waals surface area contributed by atoms with Crippen LogP contribution in [-0.2, 0) is 11.8 Å². The number of hydrogen-bond donors (Lipinski definition) is 2. The van der Waals surface area contributed by atoms with Crippen LogP contribution >= 0.6 is 0 Å². The molecule has 1 unspecified atom stereocenters. The van der Waals surface area contributed by atoms with Gasteiger partial charge in [0.15, 0.2) is 0 Å². The maximum atomic E-state index is 10.9. The Bertz CT molecular complexity index is 587. The number of aliphatic hydroxyl groups is 1. The van der Waals surface area contributed by atoms with Gasteiger partial charge in [0.25, 0.3) is 0 Å². The van der Waals surface area contributed by atoms with Crippen LogP contribution in [0.3, 0.4) is 0 Å². The van der Waals surface area contributed by atoms with Crippen LogP contribution in [-0.4, -0.2) is 40.9 Å². The predicted molar refractivity (Wildman–Crippen MR) is 82.5 cm³/mol. The van der Waals surface area contributed by atoms with E-state index in [1.165, 1.54) is 11.1 Å². The first kappa shape index (κ1) is 13.6. The maximum Gasteiger partial charge on any atom is 0.115 e. The number of rotatable bonds is 0. The molecule has 0 amide bonds. The van der Waals surface area contributed by atoms with E-state index in [1.807, 2.05) is 12.1 Å². The molecular formula is C18H25NO2. The van der Waals surface area contributed by atoms with Gasteiger partial charge in [0.2, 0.25) is 0 Å². The van der Waals surface area contributed by atoms with Crippen LogP contribution in [0, 0.1) is 5.41 Å². The zero-order valence-electron chi connectivity index (χ0n) is 13.0. The molecule has 1 saturated carbocycles. The quantitative estimate of drug-likeness (QED) is 0.770. The van der Waals surface area contributed by atoms with Crippen LogP contribution in [0.4, 0.5) is 0 Å². The minimum absolute atomic E-state index is 0.0359. The van der Waals surface area contributed by atoms with Crippen LogP contribution in [0.5, 0.6) is 5.75 Å². The fraction of sp³-hybridized carbons (Fsp3) is 0.667. The van der Waals surface area contributed by atoms with Crippen molar-refractivity contribution in [1.82, 2.24) is 4.90 Å². The summed E-state index contributed by atoms with van der Waals surface area (Å²) in [7, 11) is 2.20. The summed E-state index contributed by atoms with van der Waals surface area (Å²) >= 11 is 0. The zero-order chi connectivity index (χ0) is 14.8. The maximum absolute atomic E-state index is 10.9.